The molecular formula is C80H156O17P2. The molecule has 17 nitrogen and oxygen atoms in total. The van der Waals surface area contributed by atoms with E-state index in [4.69, 9.17) is 37.0 Å². The summed E-state index contributed by atoms with van der Waals surface area (Å²) >= 11 is 0. The van der Waals surface area contributed by atoms with Crippen molar-refractivity contribution < 1.29 is 80.2 Å². The molecule has 0 aromatic carbocycles. The van der Waals surface area contributed by atoms with Crippen LogP contribution in [0.2, 0.25) is 0 Å². The summed E-state index contributed by atoms with van der Waals surface area (Å²) in [5.41, 5.74) is 0. The number of rotatable bonds is 79. The molecule has 0 saturated carbocycles. The van der Waals surface area contributed by atoms with Crippen LogP contribution in [0.5, 0.6) is 0 Å². The van der Waals surface area contributed by atoms with Crippen LogP contribution in [0.15, 0.2) is 0 Å². The summed E-state index contributed by atoms with van der Waals surface area (Å²) < 4.78 is 68.6. The number of phosphoric acid groups is 2. The SMILES string of the molecule is CCCCCCCCCCCCCCCCCCCCCC(=O)OC[C@H](COP(=O)(O)OC[C@@H](O)COP(=O)(O)OC[C@@H](COC(=O)CCCCCCCCC)OC(=O)CCCCCCCCCCCCCC(C)C)OC(=O)CCCCCCCCCCCCCCCCCCC(C)C. The van der Waals surface area contributed by atoms with Crippen LogP contribution in [0.1, 0.15) is 420 Å². The van der Waals surface area contributed by atoms with E-state index in [0.29, 0.717) is 25.7 Å². The molecule has 0 fully saturated rings. The Hall–Kier alpha value is -1.94. The molecule has 0 heterocycles. The summed E-state index contributed by atoms with van der Waals surface area (Å²) in [6.07, 6.45) is 61.3. The van der Waals surface area contributed by atoms with Gasteiger partial charge in [-0.25, -0.2) is 9.13 Å². The van der Waals surface area contributed by atoms with Crippen LogP contribution < -0.4 is 0 Å². The summed E-state index contributed by atoms with van der Waals surface area (Å²) in [7, 11) is -9.91. The standard InChI is InChI=1S/C80H156O17P2/c1-7-9-11-13-15-16-17-18-19-20-21-22-26-29-34-39-45-51-57-63-78(83)91-69-76(97-79(84)64-58-52-46-40-35-30-27-24-23-25-28-32-37-43-48-54-60-72(3)4)71-95-99(88,89)93-67-74(81)66-92-98(86,87)94-70-75(68-90-77(82)62-56-50-42-14-12-10-8-2)96-80(85)65-59-53-47-41-36-31-33-38-44-49-55-61-73(5)6/h72-76,81H,7-71H2,1-6H3,(H,86,87)(H,88,89)/t74-,75+,76+/m0/s1. The van der Waals surface area contributed by atoms with Crippen LogP contribution in [-0.2, 0) is 65.4 Å². The van der Waals surface area contributed by atoms with E-state index in [9.17, 15) is 43.2 Å². The lowest BCUT2D eigenvalue weighted by molar-refractivity contribution is -0.161. The molecule has 588 valence electrons. The first-order valence-electron chi connectivity index (χ1n) is 41.5. The van der Waals surface area contributed by atoms with Crippen molar-refractivity contribution in [3.05, 3.63) is 0 Å². The second-order valence-corrected chi connectivity index (χ2v) is 32.7. The molecule has 2 unspecified atom stereocenters. The summed E-state index contributed by atoms with van der Waals surface area (Å²) in [6, 6.07) is 0. The van der Waals surface area contributed by atoms with Gasteiger partial charge in [-0.1, -0.05) is 369 Å². The van der Waals surface area contributed by atoms with Gasteiger partial charge in [-0.15, -0.1) is 0 Å². The molecule has 0 aliphatic carbocycles. The highest BCUT2D eigenvalue weighted by Gasteiger charge is 2.30. The third kappa shape index (κ3) is 74.1. The predicted molar refractivity (Wildman–Crippen MR) is 405 cm³/mol. The maximum Gasteiger partial charge on any atom is 0.472 e. The quantitative estimate of drug-likeness (QED) is 0.0222. The van der Waals surface area contributed by atoms with E-state index < -0.39 is 97.5 Å². The zero-order chi connectivity index (χ0) is 72.8. The van der Waals surface area contributed by atoms with Gasteiger partial charge in [0.15, 0.2) is 12.2 Å². The van der Waals surface area contributed by atoms with Crippen molar-refractivity contribution in [2.75, 3.05) is 39.6 Å². The first kappa shape index (κ1) is 97.1. The highest BCUT2D eigenvalue weighted by atomic mass is 31.2. The number of esters is 4. The number of aliphatic hydroxyl groups excluding tert-OH is 1. The second kappa shape index (κ2) is 71.7. The highest BCUT2D eigenvalue weighted by molar-refractivity contribution is 7.47. The van der Waals surface area contributed by atoms with Gasteiger partial charge < -0.3 is 33.8 Å². The molecule has 0 rings (SSSR count). The molecule has 5 atom stereocenters. The minimum absolute atomic E-state index is 0.106. The number of phosphoric ester groups is 2. The van der Waals surface area contributed by atoms with E-state index in [1.807, 2.05) is 0 Å². The first-order valence-corrected chi connectivity index (χ1v) is 44.5. The van der Waals surface area contributed by atoms with Crippen LogP contribution in [0, 0.1) is 11.8 Å². The van der Waals surface area contributed by atoms with Crippen LogP contribution in [-0.4, -0.2) is 96.7 Å². The number of hydrogen-bond donors (Lipinski definition) is 3. The van der Waals surface area contributed by atoms with Crippen molar-refractivity contribution in [3.63, 3.8) is 0 Å². The number of unbranched alkanes of at least 4 members (excludes halogenated alkanes) is 49. The Bertz CT molecular complexity index is 1910. The predicted octanol–water partition coefficient (Wildman–Crippen LogP) is 23.9. The van der Waals surface area contributed by atoms with Gasteiger partial charge in [0.25, 0.3) is 0 Å². The highest BCUT2D eigenvalue weighted by Crippen LogP contribution is 2.45. The van der Waals surface area contributed by atoms with E-state index in [-0.39, 0.29) is 25.7 Å². The zero-order valence-corrected chi connectivity index (χ0v) is 66.6. The molecular weight excluding hydrogens is 1290 g/mol. The Labute approximate surface area is 607 Å². The number of aliphatic hydroxyl groups is 1. The molecule has 99 heavy (non-hydrogen) atoms. The maximum atomic E-state index is 13.1. The van der Waals surface area contributed by atoms with Crippen molar-refractivity contribution in [2.45, 2.75) is 439 Å². The van der Waals surface area contributed by atoms with Crippen LogP contribution in [0.25, 0.3) is 0 Å². The van der Waals surface area contributed by atoms with Gasteiger partial charge >= 0.3 is 39.5 Å². The van der Waals surface area contributed by atoms with Crippen LogP contribution in [0.4, 0.5) is 0 Å². The second-order valence-electron chi connectivity index (χ2n) is 29.8. The third-order valence-electron chi connectivity index (χ3n) is 18.7. The van der Waals surface area contributed by atoms with Crippen molar-refractivity contribution in [1.82, 2.24) is 0 Å². The van der Waals surface area contributed by atoms with Gasteiger partial charge in [-0.3, -0.25) is 37.3 Å². The van der Waals surface area contributed by atoms with Gasteiger partial charge in [0.1, 0.15) is 19.3 Å². The van der Waals surface area contributed by atoms with Crippen molar-refractivity contribution in [1.29, 1.82) is 0 Å². The molecule has 0 saturated heterocycles. The normalized spacial score (nSPS) is 13.9. The molecule has 0 aliphatic rings. The smallest absolute Gasteiger partial charge is 0.462 e. The Morgan fingerprint density at radius 3 is 0.687 bits per heavy atom. The molecule has 0 aromatic rings. The van der Waals surface area contributed by atoms with E-state index in [0.717, 1.165) is 115 Å². The van der Waals surface area contributed by atoms with Gasteiger partial charge in [0.05, 0.1) is 26.4 Å². The topological polar surface area (TPSA) is 237 Å². The average Bonchev–Trinajstić information content (AvgIpc) is 1.03. The molecule has 19 heteroatoms. The van der Waals surface area contributed by atoms with Crippen molar-refractivity contribution in [3.8, 4) is 0 Å². The minimum atomic E-state index is -4.96. The fourth-order valence-electron chi connectivity index (χ4n) is 12.4. The van der Waals surface area contributed by atoms with Crippen LogP contribution in [0.3, 0.4) is 0 Å². The first-order chi connectivity index (χ1) is 47.9. The lowest BCUT2D eigenvalue weighted by atomic mass is 10.0. The zero-order valence-electron chi connectivity index (χ0n) is 64.8. The number of carbonyl (C=O) groups is 4. The largest absolute Gasteiger partial charge is 0.472 e. The fraction of sp³-hybridized carbons (Fsp3) is 0.950. The van der Waals surface area contributed by atoms with E-state index in [1.54, 1.807) is 0 Å². The van der Waals surface area contributed by atoms with Gasteiger partial charge in [-0.2, -0.15) is 0 Å². The molecule has 0 spiro atoms. The summed E-state index contributed by atoms with van der Waals surface area (Å²) in [5, 5.41) is 10.6. The average molecular weight is 1450 g/mol. The fourth-order valence-corrected chi connectivity index (χ4v) is 13.9. The Balaban J connectivity index is 5.18. The summed E-state index contributed by atoms with van der Waals surface area (Å²) in [6.45, 7) is 9.61. The van der Waals surface area contributed by atoms with Gasteiger partial charge in [-0.05, 0) is 37.5 Å². The third-order valence-corrected chi connectivity index (χ3v) is 20.6. The molecule has 0 aromatic heterocycles. The monoisotopic (exact) mass is 1450 g/mol. The summed E-state index contributed by atoms with van der Waals surface area (Å²) in [5.74, 6) is -0.540. The Morgan fingerprint density at radius 1 is 0.273 bits per heavy atom. The number of hydrogen-bond acceptors (Lipinski definition) is 15. The van der Waals surface area contributed by atoms with E-state index >= 15 is 0 Å². The molecule has 0 bridgehead atoms. The molecule has 0 amide bonds. The summed E-state index contributed by atoms with van der Waals surface area (Å²) in [4.78, 5) is 72.8. The Morgan fingerprint density at radius 2 is 0.465 bits per heavy atom. The molecule has 3 N–H and O–H groups in total. The lowest BCUT2D eigenvalue weighted by Crippen LogP contribution is -2.30. The number of ether oxygens (including phenoxy) is 4. The van der Waals surface area contributed by atoms with Crippen LogP contribution >= 0.6 is 15.6 Å². The Kier molecular flexibility index (Phi) is 70.3. The van der Waals surface area contributed by atoms with E-state index in [2.05, 4.69) is 41.5 Å². The molecule has 0 aliphatic heterocycles. The van der Waals surface area contributed by atoms with Crippen molar-refractivity contribution >= 4 is 39.5 Å². The number of carbonyl (C=O) groups excluding carboxylic acids is 4. The van der Waals surface area contributed by atoms with Gasteiger partial charge in [0, 0.05) is 25.7 Å². The molecule has 0 radical (unpaired) electrons. The van der Waals surface area contributed by atoms with Crippen molar-refractivity contribution in [2.24, 2.45) is 11.8 Å². The van der Waals surface area contributed by atoms with E-state index in [1.165, 1.54) is 225 Å². The van der Waals surface area contributed by atoms with Gasteiger partial charge in [0.2, 0.25) is 0 Å². The maximum absolute atomic E-state index is 13.1. The lowest BCUT2D eigenvalue weighted by Gasteiger charge is -2.21. The minimum Gasteiger partial charge on any atom is -0.462 e.